The number of aryl methyl sites for hydroxylation is 2. The van der Waals surface area contributed by atoms with Crippen LogP contribution in [0.2, 0.25) is 0 Å². The quantitative estimate of drug-likeness (QED) is 0.131. The fourth-order valence-corrected chi connectivity index (χ4v) is 4.55. The van der Waals surface area contributed by atoms with Gasteiger partial charge >= 0.3 is 0 Å². The van der Waals surface area contributed by atoms with Crippen molar-refractivity contribution in [1.29, 1.82) is 0 Å². The van der Waals surface area contributed by atoms with Crippen LogP contribution in [-0.4, -0.2) is 4.57 Å². The van der Waals surface area contributed by atoms with Gasteiger partial charge in [-0.3, -0.25) is 0 Å². The van der Waals surface area contributed by atoms with E-state index in [1.54, 1.807) is 0 Å². The molecule has 1 heterocycles. The lowest BCUT2D eigenvalue weighted by Gasteiger charge is -2.04. The Balaban J connectivity index is 1.90. The van der Waals surface area contributed by atoms with Gasteiger partial charge in [0.2, 0.25) is 0 Å². The molecule has 0 aliphatic heterocycles. The fourth-order valence-electron chi connectivity index (χ4n) is 4.55. The molecule has 0 saturated heterocycles. The molecule has 0 atom stereocenters. The van der Waals surface area contributed by atoms with Gasteiger partial charge in [-0.1, -0.05) is 117 Å². The van der Waals surface area contributed by atoms with Crippen LogP contribution < -0.4 is 4.57 Å². The second-order valence-corrected chi connectivity index (χ2v) is 9.60. The Morgan fingerprint density at radius 2 is 0.967 bits per heavy atom. The van der Waals surface area contributed by atoms with Crippen LogP contribution in [0.5, 0.6) is 0 Å². The third-order valence-corrected chi connectivity index (χ3v) is 6.76. The van der Waals surface area contributed by atoms with Crippen LogP contribution in [0.25, 0.3) is 0 Å². The molecule has 0 amide bonds. The minimum atomic E-state index is 1.20. The molecule has 2 nitrogen and oxygen atoms in total. The van der Waals surface area contributed by atoms with E-state index in [1.807, 2.05) is 0 Å². The van der Waals surface area contributed by atoms with E-state index in [2.05, 4.69) is 42.3 Å². The van der Waals surface area contributed by atoms with Gasteiger partial charge in [0.15, 0.2) is 0 Å². The van der Waals surface area contributed by atoms with E-state index in [-0.39, 0.29) is 0 Å². The van der Waals surface area contributed by atoms with Crippen molar-refractivity contribution in [2.24, 2.45) is 0 Å². The number of nitrogens with zero attached hydrogens (tertiary/aromatic N) is 2. The number of imidazole rings is 1. The molecule has 0 bridgehead atoms. The predicted octanol–water partition coefficient (Wildman–Crippen LogP) is 8.93. The summed E-state index contributed by atoms with van der Waals surface area (Å²) in [6, 6.07) is 0. The maximum Gasteiger partial charge on any atom is 0.253 e. The van der Waals surface area contributed by atoms with E-state index in [1.165, 1.54) is 147 Å². The van der Waals surface area contributed by atoms with Crippen LogP contribution in [0.15, 0.2) is 12.4 Å². The average molecular weight is 420 g/mol. The Labute approximate surface area is 189 Å². The highest BCUT2D eigenvalue weighted by Crippen LogP contribution is 2.13. The first-order valence-corrected chi connectivity index (χ1v) is 13.8. The zero-order valence-corrected chi connectivity index (χ0v) is 21.1. The second kappa shape index (κ2) is 20.1. The second-order valence-electron chi connectivity index (χ2n) is 9.60. The molecular formula is C28H55N2+. The van der Waals surface area contributed by atoms with Crippen LogP contribution in [0.1, 0.15) is 148 Å². The molecule has 1 aromatic rings. The zero-order chi connectivity index (χ0) is 21.7. The van der Waals surface area contributed by atoms with Crippen molar-refractivity contribution >= 4 is 0 Å². The molecule has 0 aliphatic rings. The Morgan fingerprint density at radius 3 is 1.43 bits per heavy atom. The highest BCUT2D eigenvalue weighted by Gasteiger charge is 2.11. The van der Waals surface area contributed by atoms with E-state index in [0.29, 0.717) is 0 Å². The average Bonchev–Trinajstić information content (AvgIpc) is 3.10. The standard InChI is InChI=1S/C28H55N2/c1-4-6-8-10-11-12-13-14-15-16-17-18-19-21-23-25-30-27-26-29(28(30)3)24-22-20-9-7-5-2/h26-27H,4-25H2,1-3H3/q+1. The van der Waals surface area contributed by atoms with Crippen LogP contribution in [0.4, 0.5) is 0 Å². The van der Waals surface area contributed by atoms with Gasteiger partial charge in [-0.15, -0.1) is 0 Å². The van der Waals surface area contributed by atoms with E-state index in [0.717, 1.165) is 0 Å². The summed E-state index contributed by atoms with van der Waals surface area (Å²) in [4.78, 5) is 0. The van der Waals surface area contributed by atoms with Gasteiger partial charge < -0.3 is 0 Å². The third-order valence-electron chi connectivity index (χ3n) is 6.76. The molecule has 0 fully saturated rings. The summed E-state index contributed by atoms with van der Waals surface area (Å²) in [6.45, 7) is 9.28. The van der Waals surface area contributed by atoms with Gasteiger partial charge in [0.1, 0.15) is 12.4 Å². The summed E-state index contributed by atoms with van der Waals surface area (Å²) < 4.78 is 4.92. The normalized spacial score (nSPS) is 11.4. The summed E-state index contributed by atoms with van der Waals surface area (Å²) >= 11 is 0. The first-order chi connectivity index (χ1) is 14.8. The molecule has 0 radical (unpaired) electrons. The number of unbranched alkanes of at least 4 members (excludes halogenated alkanes) is 18. The molecule has 1 rings (SSSR count). The fraction of sp³-hybridized carbons (Fsp3) is 0.893. The maximum absolute atomic E-state index is 2.47. The zero-order valence-electron chi connectivity index (χ0n) is 21.1. The molecule has 0 aliphatic carbocycles. The molecule has 0 spiro atoms. The highest BCUT2D eigenvalue weighted by atomic mass is 15.1. The van der Waals surface area contributed by atoms with E-state index in [9.17, 15) is 0 Å². The number of hydrogen-bond donors (Lipinski definition) is 0. The predicted molar refractivity (Wildman–Crippen MR) is 133 cm³/mol. The Kier molecular flexibility index (Phi) is 18.3. The van der Waals surface area contributed by atoms with Crippen molar-refractivity contribution in [2.45, 2.75) is 162 Å². The first kappa shape index (κ1) is 27.2. The lowest BCUT2D eigenvalue weighted by molar-refractivity contribution is -0.702. The number of hydrogen-bond acceptors (Lipinski definition) is 0. The lowest BCUT2D eigenvalue weighted by atomic mass is 10.0. The van der Waals surface area contributed by atoms with E-state index in [4.69, 9.17) is 0 Å². The summed E-state index contributed by atoms with van der Waals surface area (Å²) in [5.41, 5.74) is 0. The van der Waals surface area contributed by atoms with Crippen molar-refractivity contribution in [1.82, 2.24) is 4.57 Å². The summed E-state index contributed by atoms with van der Waals surface area (Å²) in [6.07, 6.45) is 33.0. The molecule has 176 valence electrons. The van der Waals surface area contributed by atoms with Gasteiger partial charge in [-0.25, -0.2) is 9.13 Å². The van der Waals surface area contributed by atoms with Crippen molar-refractivity contribution < 1.29 is 4.57 Å². The number of rotatable bonds is 22. The minimum absolute atomic E-state index is 1.20. The Bertz CT molecular complexity index is 477. The summed E-state index contributed by atoms with van der Waals surface area (Å²) in [5, 5.41) is 0. The van der Waals surface area contributed by atoms with Gasteiger partial charge in [0.25, 0.3) is 5.82 Å². The van der Waals surface area contributed by atoms with E-state index < -0.39 is 0 Å². The van der Waals surface area contributed by atoms with Gasteiger partial charge in [0.05, 0.1) is 13.1 Å². The molecule has 30 heavy (non-hydrogen) atoms. The highest BCUT2D eigenvalue weighted by molar-refractivity contribution is 4.79. The van der Waals surface area contributed by atoms with Gasteiger partial charge in [-0.05, 0) is 25.7 Å². The smallest absolute Gasteiger partial charge is 0.234 e. The van der Waals surface area contributed by atoms with Crippen LogP contribution >= 0.6 is 0 Å². The first-order valence-electron chi connectivity index (χ1n) is 13.8. The van der Waals surface area contributed by atoms with Crippen LogP contribution in [-0.2, 0) is 13.1 Å². The SMILES string of the molecule is CCCCCCCCCCCCCCCCCn1cc[n+](CCCCCCC)c1C. The molecule has 0 aromatic carbocycles. The van der Waals surface area contributed by atoms with Crippen LogP contribution in [0, 0.1) is 6.92 Å². The minimum Gasteiger partial charge on any atom is -0.234 e. The van der Waals surface area contributed by atoms with Gasteiger partial charge in [0, 0.05) is 6.92 Å². The largest absolute Gasteiger partial charge is 0.253 e. The monoisotopic (exact) mass is 419 g/mol. The van der Waals surface area contributed by atoms with Crippen molar-refractivity contribution in [3.63, 3.8) is 0 Å². The maximum atomic E-state index is 2.47. The molecule has 1 aromatic heterocycles. The third kappa shape index (κ3) is 14.3. The topological polar surface area (TPSA) is 8.81 Å². The lowest BCUT2D eigenvalue weighted by Crippen LogP contribution is -2.35. The van der Waals surface area contributed by atoms with Gasteiger partial charge in [-0.2, -0.15) is 0 Å². The molecule has 0 N–H and O–H groups in total. The Morgan fingerprint density at radius 1 is 0.567 bits per heavy atom. The number of aromatic nitrogens is 2. The molecule has 2 heteroatoms. The van der Waals surface area contributed by atoms with E-state index >= 15 is 0 Å². The van der Waals surface area contributed by atoms with Crippen molar-refractivity contribution in [3.05, 3.63) is 18.2 Å². The van der Waals surface area contributed by atoms with Crippen LogP contribution in [0.3, 0.4) is 0 Å². The summed E-state index contributed by atoms with van der Waals surface area (Å²) in [7, 11) is 0. The van der Waals surface area contributed by atoms with Crippen molar-refractivity contribution in [2.75, 3.05) is 0 Å². The molecule has 0 saturated carbocycles. The molecular weight excluding hydrogens is 364 g/mol. The van der Waals surface area contributed by atoms with Crippen molar-refractivity contribution in [3.8, 4) is 0 Å². The summed E-state index contributed by atoms with van der Waals surface area (Å²) in [5.74, 6) is 1.44. The Hall–Kier alpha value is -0.790. The molecule has 0 unspecified atom stereocenters.